The van der Waals surface area contributed by atoms with E-state index >= 15 is 0 Å². The molecule has 128 valence electrons. The monoisotopic (exact) mass is 334 g/mol. The summed E-state index contributed by atoms with van der Waals surface area (Å²) in [7, 11) is 0. The maximum Gasteiger partial charge on any atom is 0.132 e. The molecule has 0 unspecified atom stereocenters. The summed E-state index contributed by atoms with van der Waals surface area (Å²) >= 11 is 0. The number of aryl methyl sites for hydroxylation is 1. The standard InChI is InChI=1S/C19H22N6/c1-11-21-17(12-6-14(20)7-12)8-18(22-11)25-9-13(10-25)19-23-15-4-2-3-5-16(15)24-19/h2-5,8,12-14H,6-7,9-10,20H2,1H3,(H,23,24). The van der Waals surface area contributed by atoms with Gasteiger partial charge in [-0.05, 0) is 31.9 Å². The van der Waals surface area contributed by atoms with Crippen molar-refractivity contribution in [3.05, 3.63) is 47.7 Å². The van der Waals surface area contributed by atoms with Crippen molar-refractivity contribution >= 4 is 16.9 Å². The molecule has 1 saturated heterocycles. The molecule has 1 aliphatic heterocycles. The van der Waals surface area contributed by atoms with Crippen molar-refractivity contribution in [1.82, 2.24) is 19.9 Å². The lowest BCUT2D eigenvalue weighted by molar-refractivity contribution is 0.344. The highest BCUT2D eigenvalue weighted by Crippen LogP contribution is 2.37. The first kappa shape index (κ1) is 14.8. The van der Waals surface area contributed by atoms with Crippen molar-refractivity contribution in [2.75, 3.05) is 18.0 Å². The number of nitrogens with two attached hydrogens (primary N) is 1. The molecule has 6 heteroatoms. The number of nitrogens with one attached hydrogen (secondary N) is 1. The zero-order valence-corrected chi connectivity index (χ0v) is 14.3. The van der Waals surface area contributed by atoms with Gasteiger partial charge in [-0.3, -0.25) is 0 Å². The Bertz CT molecular complexity index is 888. The molecule has 3 N–H and O–H groups in total. The van der Waals surface area contributed by atoms with Gasteiger partial charge < -0.3 is 15.6 Å². The van der Waals surface area contributed by atoms with E-state index in [9.17, 15) is 0 Å². The number of hydrogen-bond acceptors (Lipinski definition) is 5. The van der Waals surface area contributed by atoms with Crippen molar-refractivity contribution in [3.8, 4) is 0 Å². The fourth-order valence-electron chi connectivity index (χ4n) is 3.85. The lowest BCUT2D eigenvalue weighted by Gasteiger charge is -2.40. The molecule has 2 aliphatic rings. The molecule has 3 aromatic rings. The second-order valence-electron chi connectivity index (χ2n) is 7.37. The molecule has 1 aliphatic carbocycles. The van der Waals surface area contributed by atoms with Gasteiger partial charge in [-0.1, -0.05) is 12.1 Å². The van der Waals surface area contributed by atoms with Gasteiger partial charge in [0.2, 0.25) is 0 Å². The van der Waals surface area contributed by atoms with Gasteiger partial charge in [-0.25, -0.2) is 15.0 Å². The highest BCUT2D eigenvalue weighted by molar-refractivity contribution is 5.75. The number of H-pyrrole nitrogens is 1. The maximum absolute atomic E-state index is 5.93. The van der Waals surface area contributed by atoms with Crippen molar-refractivity contribution < 1.29 is 0 Å². The zero-order chi connectivity index (χ0) is 17.0. The maximum atomic E-state index is 5.93. The van der Waals surface area contributed by atoms with E-state index in [0.717, 1.165) is 60.1 Å². The Labute approximate surface area is 146 Å². The number of aromatic amines is 1. The molecule has 6 nitrogen and oxygen atoms in total. The Balaban J connectivity index is 1.33. The molecule has 1 aromatic carbocycles. The van der Waals surface area contributed by atoms with Crippen LogP contribution in [-0.4, -0.2) is 39.1 Å². The summed E-state index contributed by atoms with van der Waals surface area (Å²) in [5.74, 6) is 3.90. The molecule has 0 amide bonds. The van der Waals surface area contributed by atoms with Crippen molar-refractivity contribution in [3.63, 3.8) is 0 Å². The molecule has 0 atom stereocenters. The van der Waals surface area contributed by atoms with E-state index < -0.39 is 0 Å². The molecular weight excluding hydrogens is 312 g/mol. The molecule has 0 spiro atoms. The molecule has 2 fully saturated rings. The fourth-order valence-corrected chi connectivity index (χ4v) is 3.85. The van der Waals surface area contributed by atoms with Crippen LogP contribution in [0.25, 0.3) is 11.0 Å². The first-order valence-corrected chi connectivity index (χ1v) is 8.96. The van der Waals surface area contributed by atoms with Gasteiger partial charge in [-0.15, -0.1) is 0 Å². The van der Waals surface area contributed by atoms with Crippen LogP contribution in [0, 0.1) is 6.92 Å². The number of imidazole rings is 1. The molecule has 1 saturated carbocycles. The quantitative estimate of drug-likeness (QED) is 0.769. The van der Waals surface area contributed by atoms with Crippen LogP contribution in [0.4, 0.5) is 5.82 Å². The van der Waals surface area contributed by atoms with Crippen molar-refractivity contribution in [2.24, 2.45) is 5.73 Å². The Morgan fingerprint density at radius 2 is 1.88 bits per heavy atom. The molecule has 0 bridgehead atoms. The van der Waals surface area contributed by atoms with E-state index in [-0.39, 0.29) is 0 Å². The number of para-hydroxylation sites is 2. The van der Waals surface area contributed by atoms with Crippen LogP contribution in [-0.2, 0) is 0 Å². The Hall–Kier alpha value is -2.47. The first-order valence-electron chi connectivity index (χ1n) is 8.96. The predicted octanol–water partition coefficient (Wildman–Crippen LogP) is 2.47. The molecule has 0 radical (unpaired) electrons. The van der Waals surface area contributed by atoms with Crippen LogP contribution in [0.5, 0.6) is 0 Å². The smallest absolute Gasteiger partial charge is 0.132 e. The average molecular weight is 334 g/mol. The van der Waals surface area contributed by atoms with E-state index in [4.69, 9.17) is 10.7 Å². The summed E-state index contributed by atoms with van der Waals surface area (Å²) in [6.45, 7) is 3.86. The average Bonchev–Trinajstić information content (AvgIpc) is 2.93. The van der Waals surface area contributed by atoms with Gasteiger partial charge in [0.1, 0.15) is 17.5 Å². The zero-order valence-electron chi connectivity index (χ0n) is 14.3. The minimum Gasteiger partial charge on any atom is -0.355 e. The second-order valence-corrected chi connectivity index (χ2v) is 7.37. The first-order chi connectivity index (χ1) is 12.2. The largest absolute Gasteiger partial charge is 0.355 e. The van der Waals surface area contributed by atoms with E-state index in [1.807, 2.05) is 19.1 Å². The van der Waals surface area contributed by atoms with E-state index in [0.29, 0.717) is 17.9 Å². The SMILES string of the molecule is Cc1nc(C2CC(N)C2)cc(N2CC(c3nc4ccccc4[nH]3)C2)n1. The topological polar surface area (TPSA) is 83.7 Å². The van der Waals surface area contributed by atoms with Gasteiger partial charge in [0.15, 0.2) is 0 Å². The molecule has 5 rings (SSSR count). The van der Waals surface area contributed by atoms with Crippen LogP contribution < -0.4 is 10.6 Å². The van der Waals surface area contributed by atoms with Crippen LogP contribution in [0.15, 0.2) is 30.3 Å². The summed E-state index contributed by atoms with van der Waals surface area (Å²) < 4.78 is 0. The fraction of sp³-hybridized carbons (Fsp3) is 0.421. The van der Waals surface area contributed by atoms with Gasteiger partial charge in [-0.2, -0.15) is 0 Å². The van der Waals surface area contributed by atoms with Gasteiger partial charge in [0, 0.05) is 36.8 Å². The lowest BCUT2D eigenvalue weighted by Crippen LogP contribution is -2.46. The second kappa shape index (κ2) is 5.52. The number of fused-ring (bicyclic) bond motifs is 1. The Kier molecular flexibility index (Phi) is 3.28. The van der Waals surface area contributed by atoms with E-state index in [2.05, 4.69) is 38.1 Å². The lowest BCUT2D eigenvalue weighted by atomic mass is 9.78. The number of rotatable bonds is 3. The van der Waals surface area contributed by atoms with Gasteiger partial charge in [0.05, 0.1) is 17.0 Å². The summed E-state index contributed by atoms with van der Waals surface area (Å²) in [5.41, 5.74) is 9.23. The third-order valence-corrected chi connectivity index (χ3v) is 5.44. The molecule has 25 heavy (non-hydrogen) atoms. The number of benzene rings is 1. The summed E-state index contributed by atoms with van der Waals surface area (Å²) in [6.07, 6.45) is 2.08. The van der Waals surface area contributed by atoms with Crippen LogP contribution in [0.1, 0.15) is 42.0 Å². The minimum absolute atomic E-state index is 0.338. The van der Waals surface area contributed by atoms with Crippen LogP contribution >= 0.6 is 0 Å². The third-order valence-electron chi connectivity index (χ3n) is 5.44. The highest BCUT2D eigenvalue weighted by Gasteiger charge is 2.33. The number of nitrogens with zero attached hydrogens (tertiary/aromatic N) is 4. The number of hydrogen-bond donors (Lipinski definition) is 2. The summed E-state index contributed by atoms with van der Waals surface area (Å²) in [5, 5.41) is 0. The number of anilines is 1. The van der Waals surface area contributed by atoms with Crippen molar-refractivity contribution in [1.29, 1.82) is 0 Å². The molecular formula is C19H22N6. The molecule has 3 heterocycles. The molecule has 2 aromatic heterocycles. The third kappa shape index (κ3) is 2.57. The Morgan fingerprint density at radius 3 is 2.64 bits per heavy atom. The highest BCUT2D eigenvalue weighted by atomic mass is 15.3. The number of aromatic nitrogens is 4. The minimum atomic E-state index is 0.338. The summed E-state index contributed by atoms with van der Waals surface area (Å²) in [6, 6.07) is 10.7. The van der Waals surface area contributed by atoms with Crippen molar-refractivity contribution in [2.45, 2.75) is 37.6 Å². The van der Waals surface area contributed by atoms with E-state index in [1.165, 1.54) is 0 Å². The van der Waals surface area contributed by atoms with Crippen LogP contribution in [0.3, 0.4) is 0 Å². The van der Waals surface area contributed by atoms with Gasteiger partial charge in [0.25, 0.3) is 0 Å². The summed E-state index contributed by atoms with van der Waals surface area (Å²) in [4.78, 5) is 19.8. The van der Waals surface area contributed by atoms with E-state index in [1.54, 1.807) is 0 Å². The van der Waals surface area contributed by atoms with Gasteiger partial charge >= 0.3 is 0 Å². The van der Waals surface area contributed by atoms with Crippen LogP contribution in [0.2, 0.25) is 0 Å². The Morgan fingerprint density at radius 1 is 1.08 bits per heavy atom. The normalized spacial score (nSPS) is 23.5. The predicted molar refractivity (Wildman–Crippen MR) is 97.8 cm³/mol.